The highest BCUT2D eigenvalue weighted by molar-refractivity contribution is 7.09. The van der Waals surface area contributed by atoms with Gasteiger partial charge in [-0.1, -0.05) is 0 Å². The van der Waals surface area contributed by atoms with Crippen molar-refractivity contribution < 1.29 is 4.79 Å². The summed E-state index contributed by atoms with van der Waals surface area (Å²) in [6.07, 6.45) is 9.07. The van der Waals surface area contributed by atoms with Gasteiger partial charge in [-0.2, -0.15) is 4.37 Å². The number of rotatable bonds is 7. The van der Waals surface area contributed by atoms with E-state index in [-0.39, 0.29) is 6.03 Å². The SMILES string of the molecule is CCN(C[C@H]1CC[C@H](N(C)c2ncnc3[nH]ccc23)C1)C(=O)Nc1nc(C2CC2)ns1. The first-order valence-electron chi connectivity index (χ1n) is 11.0. The van der Waals surface area contributed by atoms with E-state index >= 15 is 0 Å². The van der Waals surface area contributed by atoms with Crippen LogP contribution < -0.4 is 10.2 Å². The third-order valence-electron chi connectivity index (χ3n) is 6.47. The van der Waals surface area contributed by atoms with Crippen molar-refractivity contribution in [3.63, 3.8) is 0 Å². The van der Waals surface area contributed by atoms with E-state index in [0.29, 0.717) is 29.6 Å². The second-order valence-corrected chi connectivity index (χ2v) is 9.33. The Morgan fingerprint density at radius 2 is 2.16 bits per heavy atom. The second-order valence-electron chi connectivity index (χ2n) is 8.58. The van der Waals surface area contributed by atoms with Crippen molar-refractivity contribution in [2.24, 2.45) is 5.92 Å². The summed E-state index contributed by atoms with van der Waals surface area (Å²) >= 11 is 1.28. The van der Waals surface area contributed by atoms with E-state index < -0.39 is 0 Å². The maximum atomic E-state index is 12.8. The van der Waals surface area contributed by atoms with E-state index in [0.717, 1.165) is 61.3 Å². The van der Waals surface area contributed by atoms with Gasteiger partial charge in [-0.15, -0.1) is 0 Å². The molecular formula is C21H28N8OS. The van der Waals surface area contributed by atoms with Gasteiger partial charge in [0.05, 0.1) is 5.39 Å². The van der Waals surface area contributed by atoms with Gasteiger partial charge in [-0.25, -0.2) is 19.7 Å². The van der Waals surface area contributed by atoms with Gasteiger partial charge in [0, 0.05) is 49.8 Å². The highest BCUT2D eigenvalue weighted by atomic mass is 32.1. The molecule has 0 aromatic carbocycles. The topological polar surface area (TPSA) is 103 Å². The van der Waals surface area contributed by atoms with Crippen LogP contribution in [0.2, 0.25) is 0 Å². The molecule has 3 aromatic rings. The van der Waals surface area contributed by atoms with Crippen molar-refractivity contribution in [2.45, 2.75) is 51.0 Å². The Bertz CT molecular complexity index is 1060. The normalized spacial score (nSPS) is 20.8. The maximum Gasteiger partial charge on any atom is 0.323 e. The van der Waals surface area contributed by atoms with Gasteiger partial charge in [0.25, 0.3) is 0 Å². The molecule has 0 radical (unpaired) electrons. The highest BCUT2D eigenvalue weighted by Crippen LogP contribution is 2.39. The Hall–Kier alpha value is -2.75. The van der Waals surface area contributed by atoms with Crippen LogP contribution in [0.1, 0.15) is 50.8 Å². The molecule has 9 nitrogen and oxygen atoms in total. The largest absolute Gasteiger partial charge is 0.356 e. The van der Waals surface area contributed by atoms with Gasteiger partial charge in [-0.3, -0.25) is 5.32 Å². The Kier molecular flexibility index (Phi) is 5.47. The standard InChI is InChI=1S/C21H28N8OS/c1-3-29(21(30)26-20-25-17(27-31-20)14-5-6-14)11-13-4-7-15(10-13)28(2)19-16-8-9-22-18(16)23-12-24-19/h8-9,12-15H,3-7,10-11H2,1-2H3,(H,22,23,24)(H,25,26,27,30)/t13-,15-/m0/s1. The van der Waals surface area contributed by atoms with Crippen LogP contribution in [0.5, 0.6) is 0 Å². The number of fused-ring (bicyclic) bond motifs is 1. The number of nitrogens with one attached hydrogen (secondary N) is 2. The lowest BCUT2D eigenvalue weighted by Gasteiger charge is -2.27. The number of H-pyrrole nitrogens is 1. The zero-order valence-electron chi connectivity index (χ0n) is 17.9. The zero-order valence-corrected chi connectivity index (χ0v) is 18.7. The van der Waals surface area contributed by atoms with Gasteiger partial charge in [-0.05, 0) is 51.0 Å². The summed E-state index contributed by atoms with van der Waals surface area (Å²) in [5, 5.41) is 4.60. The number of aromatic nitrogens is 5. The summed E-state index contributed by atoms with van der Waals surface area (Å²) in [4.78, 5) is 33.4. The van der Waals surface area contributed by atoms with Gasteiger partial charge in [0.15, 0.2) is 0 Å². The number of urea groups is 1. The molecule has 2 atom stereocenters. The van der Waals surface area contributed by atoms with E-state index in [2.05, 4.69) is 41.6 Å². The monoisotopic (exact) mass is 440 g/mol. The van der Waals surface area contributed by atoms with E-state index in [4.69, 9.17) is 0 Å². The number of carbonyl (C=O) groups is 1. The zero-order chi connectivity index (χ0) is 21.4. The summed E-state index contributed by atoms with van der Waals surface area (Å²) in [7, 11) is 2.11. The lowest BCUT2D eigenvalue weighted by molar-refractivity contribution is 0.204. The van der Waals surface area contributed by atoms with E-state index in [9.17, 15) is 4.79 Å². The molecule has 164 valence electrons. The van der Waals surface area contributed by atoms with Crippen molar-refractivity contribution in [3.8, 4) is 0 Å². The molecule has 2 amide bonds. The van der Waals surface area contributed by atoms with Crippen molar-refractivity contribution >= 4 is 39.5 Å². The van der Waals surface area contributed by atoms with Gasteiger partial charge >= 0.3 is 6.03 Å². The van der Waals surface area contributed by atoms with Crippen LogP contribution in [0.25, 0.3) is 11.0 Å². The van der Waals surface area contributed by atoms with Crippen molar-refractivity contribution in [1.29, 1.82) is 0 Å². The fourth-order valence-corrected chi connectivity index (χ4v) is 5.15. The Morgan fingerprint density at radius 3 is 2.97 bits per heavy atom. The molecule has 3 aromatic heterocycles. The third-order valence-corrected chi connectivity index (χ3v) is 7.12. The second kappa shape index (κ2) is 8.41. The number of amides is 2. The first kappa shape index (κ1) is 20.2. The Morgan fingerprint density at radius 1 is 1.29 bits per heavy atom. The van der Waals surface area contributed by atoms with E-state index in [1.807, 2.05) is 24.1 Å². The lowest BCUT2D eigenvalue weighted by atomic mass is 10.1. The van der Waals surface area contributed by atoms with Gasteiger partial charge < -0.3 is 14.8 Å². The number of aromatic amines is 1. The third kappa shape index (κ3) is 4.21. The first-order chi connectivity index (χ1) is 15.1. The molecule has 2 aliphatic rings. The van der Waals surface area contributed by atoms with Crippen LogP contribution in [-0.4, -0.2) is 61.4 Å². The van der Waals surface area contributed by atoms with Crippen LogP contribution in [0, 0.1) is 5.92 Å². The highest BCUT2D eigenvalue weighted by Gasteiger charge is 2.32. The van der Waals surface area contributed by atoms with E-state index in [1.165, 1.54) is 11.5 Å². The molecule has 0 bridgehead atoms. The van der Waals surface area contributed by atoms with Gasteiger partial charge in [0.1, 0.15) is 23.6 Å². The van der Waals surface area contributed by atoms with E-state index in [1.54, 1.807) is 6.33 Å². The molecule has 2 aliphatic carbocycles. The van der Waals surface area contributed by atoms with Crippen molar-refractivity contribution in [3.05, 3.63) is 24.4 Å². The Balaban J connectivity index is 1.18. The minimum atomic E-state index is -0.0809. The molecule has 0 saturated heterocycles. The summed E-state index contributed by atoms with van der Waals surface area (Å²) in [6, 6.07) is 2.35. The molecule has 31 heavy (non-hydrogen) atoms. The van der Waals surface area contributed by atoms with Crippen LogP contribution >= 0.6 is 11.5 Å². The summed E-state index contributed by atoms with van der Waals surface area (Å²) < 4.78 is 4.37. The van der Waals surface area contributed by atoms with Crippen LogP contribution in [-0.2, 0) is 0 Å². The number of hydrogen-bond acceptors (Lipinski definition) is 7. The number of hydrogen-bond donors (Lipinski definition) is 2. The predicted molar refractivity (Wildman–Crippen MR) is 122 cm³/mol. The van der Waals surface area contributed by atoms with Crippen LogP contribution in [0.3, 0.4) is 0 Å². The fraction of sp³-hybridized carbons (Fsp3) is 0.571. The summed E-state index contributed by atoms with van der Waals surface area (Å²) in [5.41, 5.74) is 0.863. The molecule has 0 unspecified atom stereocenters. The predicted octanol–water partition coefficient (Wildman–Crippen LogP) is 3.85. The molecule has 10 heteroatoms. The molecule has 3 heterocycles. The lowest BCUT2D eigenvalue weighted by Crippen LogP contribution is -2.38. The molecule has 2 saturated carbocycles. The van der Waals surface area contributed by atoms with Crippen LogP contribution in [0.4, 0.5) is 15.7 Å². The molecule has 0 spiro atoms. The average Bonchev–Trinajstić information content (AvgIpc) is 3.17. The summed E-state index contributed by atoms with van der Waals surface area (Å²) in [5.74, 6) is 2.81. The quantitative estimate of drug-likeness (QED) is 0.579. The van der Waals surface area contributed by atoms with Gasteiger partial charge in [0.2, 0.25) is 5.13 Å². The first-order valence-corrected chi connectivity index (χ1v) is 11.8. The Labute approximate surface area is 185 Å². The maximum absolute atomic E-state index is 12.8. The van der Waals surface area contributed by atoms with Crippen LogP contribution in [0.15, 0.2) is 18.6 Å². The molecule has 0 aliphatic heterocycles. The molecule has 2 N–H and O–H groups in total. The molecule has 5 rings (SSSR count). The molecule has 2 fully saturated rings. The average molecular weight is 441 g/mol. The fourth-order valence-electron chi connectivity index (χ4n) is 4.51. The number of nitrogens with zero attached hydrogens (tertiary/aromatic N) is 6. The van der Waals surface area contributed by atoms with Crippen molar-refractivity contribution in [1.82, 2.24) is 29.2 Å². The number of carbonyl (C=O) groups excluding carboxylic acids is 1. The molecular weight excluding hydrogens is 412 g/mol. The summed E-state index contributed by atoms with van der Waals surface area (Å²) in [6.45, 7) is 3.45. The minimum absolute atomic E-state index is 0.0809. The smallest absolute Gasteiger partial charge is 0.323 e. The minimum Gasteiger partial charge on any atom is -0.356 e. The van der Waals surface area contributed by atoms with Crippen molar-refractivity contribution in [2.75, 3.05) is 30.4 Å². The number of anilines is 2.